The maximum Gasteiger partial charge on any atom is 0.243 e. The Balaban J connectivity index is 1.90. The third-order valence-corrected chi connectivity index (χ3v) is 7.11. The Morgan fingerprint density at radius 2 is 1.87 bits per heavy atom. The Morgan fingerprint density at radius 1 is 1.20 bits per heavy atom. The zero-order valence-electron chi connectivity index (χ0n) is 17.4. The minimum Gasteiger partial charge on any atom is -0.334 e. The number of benzene rings is 1. The first-order valence-corrected chi connectivity index (χ1v) is 11.7. The molecule has 30 heavy (non-hydrogen) atoms. The van der Waals surface area contributed by atoms with Crippen LogP contribution in [0.2, 0.25) is 0 Å². The monoisotopic (exact) mass is 423 g/mol. The van der Waals surface area contributed by atoms with E-state index in [0.717, 1.165) is 42.1 Å². The van der Waals surface area contributed by atoms with Gasteiger partial charge >= 0.3 is 0 Å². The van der Waals surface area contributed by atoms with Gasteiger partial charge in [0.15, 0.2) is 5.82 Å². The number of rotatable bonds is 5. The van der Waals surface area contributed by atoms with Crippen LogP contribution in [-0.2, 0) is 10.0 Å². The van der Waals surface area contributed by atoms with Crippen LogP contribution < -0.4 is 4.72 Å². The van der Waals surface area contributed by atoms with Crippen LogP contribution in [0.3, 0.4) is 0 Å². The highest BCUT2D eigenvalue weighted by molar-refractivity contribution is 7.89. The third-order valence-electron chi connectivity index (χ3n) is 5.50. The van der Waals surface area contributed by atoms with E-state index in [1.165, 1.54) is 12.4 Å². The lowest BCUT2D eigenvalue weighted by Gasteiger charge is -2.17. The second-order valence-electron chi connectivity index (χ2n) is 8.18. The molecule has 1 N–H and O–H groups in total. The molecule has 7 nitrogen and oxygen atoms in total. The van der Waals surface area contributed by atoms with E-state index in [1.54, 1.807) is 13.8 Å². The highest BCUT2D eigenvalue weighted by Crippen LogP contribution is 2.40. The van der Waals surface area contributed by atoms with Gasteiger partial charge in [-0.1, -0.05) is 24.5 Å². The topological polar surface area (TPSA) is 101 Å². The van der Waals surface area contributed by atoms with Crippen molar-refractivity contribution in [1.82, 2.24) is 19.3 Å². The highest BCUT2D eigenvalue weighted by Gasteiger charge is 2.28. The van der Waals surface area contributed by atoms with Crippen LogP contribution in [0.5, 0.6) is 0 Å². The fourth-order valence-corrected chi connectivity index (χ4v) is 5.40. The summed E-state index contributed by atoms with van der Waals surface area (Å²) in [6.45, 7) is 5.52. The summed E-state index contributed by atoms with van der Waals surface area (Å²) in [5.41, 5.74) is 3.29. The SMILES string of the molecule is Cc1ccc2c(c1)c(C#N)c(-c1ncc(S(=O)(=O)NC(C)C)cn1)n2C1CCCC1. The number of nitrogens with zero attached hydrogens (tertiary/aromatic N) is 4. The van der Waals surface area contributed by atoms with Gasteiger partial charge in [-0.25, -0.2) is 23.1 Å². The van der Waals surface area contributed by atoms with Crippen molar-refractivity contribution in [2.24, 2.45) is 0 Å². The quantitative estimate of drug-likeness (QED) is 0.666. The Hall–Kier alpha value is -2.76. The van der Waals surface area contributed by atoms with Crippen LogP contribution in [0.1, 0.15) is 56.7 Å². The van der Waals surface area contributed by atoms with Crippen molar-refractivity contribution in [2.75, 3.05) is 0 Å². The van der Waals surface area contributed by atoms with Crippen LogP contribution in [0.25, 0.3) is 22.4 Å². The van der Waals surface area contributed by atoms with Crippen LogP contribution in [0.4, 0.5) is 0 Å². The van der Waals surface area contributed by atoms with Crippen LogP contribution >= 0.6 is 0 Å². The third kappa shape index (κ3) is 3.59. The second kappa shape index (κ2) is 7.82. The molecule has 0 unspecified atom stereocenters. The molecule has 1 saturated carbocycles. The second-order valence-corrected chi connectivity index (χ2v) is 9.90. The molecule has 1 fully saturated rings. The summed E-state index contributed by atoms with van der Waals surface area (Å²) in [6.07, 6.45) is 7.01. The molecule has 0 radical (unpaired) electrons. The van der Waals surface area contributed by atoms with E-state index >= 15 is 0 Å². The molecule has 3 aromatic rings. The van der Waals surface area contributed by atoms with Crippen molar-refractivity contribution in [3.8, 4) is 17.6 Å². The molecular weight excluding hydrogens is 398 g/mol. The zero-order chi connectivity index (χ0) is 21.5. The lowest BCUT2D eigenvalue weighted by Crippen LogP contribution is -2.30. The highest BCUT2D eigenvalue weighted by atomic mass is 32.2. The van der Waals surface area contributed by atoms with E-state index in [1.807, 2.05) is 19.1 Å². The summed E-state index contributed by atoms with van der Waals surface area (Å²) >= 11 is 0. The van der Waals surface area contributed by atoms with Gasteiger partial charge < -0.3 is 4.57 Å². The smallest absolute Gasteiger partial charge is 0.243 e. The Labute approximate surface area is 176 Å². The molecule has 1 aliphatic carbocycles. The number of nitrogens with one attached hydrogen (secondary N) is 1. The van der Waals surface area contributed by atoms with Crippen molar-refractivity contribution in [1.29, 1.82) is 5.26 Å². The summed E-state index contributed by atoms with van der Waals surface area (Å²) in [7, 11) is -3.68. The van der Waals surface area contributed by atoms with Crippen molar-refractivity contribution in [3.63, 3.8) is 0 Å². The summed E-state index contributed by atoms with van der Waals surface area (Å²) in [4.78, 5) is 8.77. The summed E-state index contributed by atoms with van der Waals surface area (Å²) in [5, 5.41) is 10.9. The molecule has 8 heteroatoms. The van der Waals surface area contributed by atoms with Crippen molar-refractivity contribution in [2.45, 2.75) is 63.4 Å². The number of aromatic nitrogens is 3. The fourth-order valence-electron chi connectivity index (χ4n) is 4.26. The normalized spacial score (nSPS) is 15.2. The molecule has 2 aromatic heterocycles. The lowest BCUT2D eigenvalue weighted by molar-refractivity contribution is 0.538. The predicted molar refractivity (Wildman–Crippen MR) is 115 cm³/mol. The Kier molecular flexibility index (Phi) is 5.35. The van der Waals surface area contributed by atoms with Gasteiger partial charge in [-0.3, -0.25) is 0 Å². The molecule has 0 saturated heterocycles. The Bertz CT molecular complexity index is 1230. The summed E-state index contributed by atoms with van der Waals surface area (Å²) in [5.74, 6) is 0.371. The van der Waals surface area contributed by atoms with Gasteiger partial charge in [0.1, 0.15) is 16.7 Å². The maximum atomic E-state index is 12.4. The standard InChI is InChI=1S/C22H25N5O2S/c1-14(2)26-30(28,29)17-12-24-22(25-13-17)21-19(11-23)18-10-15(3)8-9-20(18)27(21)16-6-4-5-7-16/h8-10,12-14,16,26H,4-7H2,1-3H3. The maximum absolute atomic E-state index is 12.4. The largest absolute Gasteiger partial charge is 0.334 e. The molecule has 2 heterocycles. The summed E-state index contributed by atoms with van der Waals surface area (Å²) < 4.78 is 29.6. The molecular formula is C22H25N5O2S. The summed E-state index contributed by atoms with van der Waals surface area (Å²) in [6, 6.07) is 8.52. The zero-order valence-corrected chi connectivity index (χ0v) is 18.2. The van der Waals surface area contributed by atoms with Gasteiger partial charge in [0.2, 0.25) is 10.0 Å². The lowest BCUT2D eigenvalue weighted by atomic mass is 10.1. The van der Waals surface area contributed by atoms with Crippen molar-refractivity contribution < 1.29 is 8.42 Å². The molecule has 0 spiro atoms. The van der Waals surface area contributed by atoms with Gasteiger partial charge in [-0.05, 0) is 45.7 Å². The van der Waals surface area contributed by atoms with Crippen molar-refractivity contribution >= 4 is 20.9 Å². The van der Waals surface area contributed by atoms with E-state index in [4.69, 9.17) is 0 Å². The van der Waals surface area contributed by atoms with E-state index in [-0.39, 0.29) is 17.0 Å². The molecule has 0 bridgehead atoms. The Morgan fingerprint density at radius 3 is 2.47 bits per heavy atom. The first-order valence-electron chi connectivity index (χ1n) is 10.2. The molecule has 156 valence electrons. The number of sulfonamides is 1. The van der Waals surface area contributed by atoms with E-state index in [9.17, 15) is 13.7 Å². The van der Waals surface area contributed by atoms with Crippen molar-refractivity contribution in [3.05, 3.63) is 41.7 Å². The number of nitriles is 1. The average molecular weight is 424 g/mol. The number of hydrogen-bond donors (Lipinski definition) is 1. The van der Waals surface area contributed by atoms with E-state index < -0.39 is 10.0 Å². The van der Waals surface area contributed by atoms with Crippen LogP contribution in [0.15, 0.2) is 35.5 Å². The van der Waals surface area contributed by atoms with E-state index in [2.05, 4.69) is 31.4 Å². The first kappa shape index (κ1) is 20.5. The fraction of sp³-hybridized carbons (Fsp3) is 0.409. The average Bonchev–Trinajstić information content (AvgIpc) is 3.32. The number of aryl methyl sites for hydroxylation is 1. The van der Waals surface area contributed by atoms with Gasteiger partial charge in [0, 0.05) is 17.5 Å². The van der Waals surface area contributed by atoms with Gasteiger partial charge in [0.25, 0.3) is 0 Å². The van der Waals surface area contributed by atoms with Crippen LogP contribution in [0, 0.1) is 18.3 Å². The predicted octanol–water partition coefficient (Wildman–Crippen LogP) is 4.08. The van der Waals surface area contributed by atoms with Gasteiger partial charge in [-0.15, -0.1) is 0 Å². The van der Waals surface area contributed by atoms with Gasteiger partial charge in [0.05, 0.1) is 23.5 Å². The minimum absolute atomic E-state index is 0.0119. The number of hydrogen-bond acceptors (Lipinski definition) is 5. The molecule has 0 aliphatic heterocycles. The molecule has 4 rings (SSSR count). The van der Waals surface area contributed by atoms with Gasteiger partial charge in [-0.2, -0.15) is 5.26 Å². The van der Waals surface area contributed by atoms with Crippen LogP contribution in [-0.4, -0.2) is 29.0 Å². The minimum atomic E-state index is -3.68. The molecule has 1 aromatic carbocycles. The first-order chi connectivity index (χ1) is 14.3. The molecule has 0 atom stereocenters. The molecule has 1 aliphatic rings. The number of fused-ring (bicyclic) bond motifs is 1. The van der Waals surface area contributed by atoms with E-state index in [0.29, 0.717) is 17.1 Å². The molecule has 0 amide bonds.